The van der Waals surface area contributed by atoms with E-state index in [9.17, 15) is 9.59 Å². The van der Waals surface area contributed by atoms with Gasteiger partial charge in [0.1, 0.15) is 6.04 Å². The highest BCUT2D eigenvalue weighted by Crippen LogP contribution is 2.35. The zero-order valence-corrected chi connectivity index (χ0v) is 12.5. The van der Waals surface area contributed by atoms with Crippen LogP contribution in [-0.4, -0.2) is 24.4 Å². The van der Waals surface area contributed by atoms with Gasteiger partial charge in [-0.05, 0) is 36.8 Å². The topological polar surface area (TPSA) is 49.4 Å². The maximum atomic E-state index is 12.8. The lowest BCUT2D eigenvalue weighted by atomic mass is 10.1. The van der Waals surface area contributed by atoms with Gasteiger partial charge in [-0.2, -0.15) is 0 Å². The van der Waals surface area contributed by atoms with Crippen LogP contribution in [0.25, 0.3) is 0 Å². The monoisotopic (exact) mass is 286 g/mol. The Kier molecular flexibility index (Phi) is 3.95. The molecule has 1 saturated carbocycles. The van der Waals surface area contributed by atoms with Crippen molar-refractivity contribution in [3.05, 3.63) is 29.8 Å². The molecule has 0 radical (unpaired) electrons. The van der Waals surface area contributed by atoms with E-state index in [4.69, 9.17) is 0 Å². The summed E-state index contributed by atoms with van der Waals surface area (Å²) in [6.45, 7) is 2.62. The van der Waals surface area contributed by atoms with Crippen molar-refractivity contribution in [2.75, 3.05) is 11.4 Å². The maximum Gasteiger partial charge on any atom is 0.249 e. The number of benzene rings is 1. The number of nitrogens with zero attached hydrogens (tertiary/aromatic N) is 1. The number of nitrogens with one attached hydrogen (secondary N) is 1. The standard InChI is InChI=1S/C17H22N2O2/c1-2-5-12-6-3-4-7-14(12)19-11-10-15(20)18-16(17(19)21)13-8-9-13/h3-4,6-7,13,16H,2,5,8-11H2,1H3,(H,18,20). The lowest BCUT2D eigenvalue weighted by Gasteiger charge is -2.26. The van der Waals surface area contributed by atoms with Gasteiger partial charge in [0.2, 0.25) is 11.8 Å². The van der Waals surface area contributed by atoms with Crippen LogP contribution in [0.3, 0.4) is 0 Å². The summed E-state index contributed by atoms with van der Waals surface area (Å²) in [5, 5.41) is 2.91. The zero-order valence-electron chi connectivity index (χ0n) is 12.5. The highest BCUT2D eigenvalue weighted by molar-refractivity contribution is 6.02. The van der Waals surface area contributed by atoms with E-state index in [0.717, 1.165) is 31.4 Å². The first-order valence-electron chi connectivity index (χ1n) is 7.89. The van der Waals surface area contributed by atoms with Crippen molar-refractivity contribution >= 4 is 17.5 Å². The molecule has 1 aromatic rings. The van der Waals surface area contributed by atoms with Gasteiger partial charge in [0, 0.05) is 18.7 Å². The summed E-state index contributed by atoms with van der Waals surface area (Å²) in [5.41, 5.74) is 2.17. The molecule has 2 fully saturated rings. The number of carbonyl (C=O) groups excluding carboxylic acids is 2. The first-order valence-corrected chi connectivity index (χ1v) is 7.89. The van der Waals surface area contributed by atoms with Crippen LogP contribution in [0.5, 0.6) is 0 Å². The van der Waals surface area contributed by atoms with E-state index in [1.54, 1.807) is 0 Å². The van der Waals surface area contributed by atoms with Crippen LogP contribution in [0.2, 0.25) is 0 Å². The average molecular weight is 286 g/mol. The maximum absolute atomic E-state index is 12.8. The molecule has 4 nitrogen and oxygen atoms in total. The second-order valence-electron chi connectivity index (χ2n) is 6.00. The van der Waals surface area contributed by atoms with Gasteiger partial charge in [0.05, 0.1) is 0 Å². The molecule has 1 aliphatic heterocycles. The molecular weight excluding hydrogens is 264 g/mol. The minimum Gasteiger partial charge on any atom is -0.344 e. The molecule has 4 heteroatoms. The molecule has 0 spiro atoms. The predicted octanol–water partition coefficient (Wildman–Crippen LogP) is 2.27. The van der Waals surface area contributed by atoms with Gasteiger partial charge >= 0.3 is 0 Å². The Bertz CT molecular complexity index is 551. The molecule has 2 aliphatic rings. The number of amides is 2. The van der Waals surface area contributed by atoms with Gasteiger partial charge in [-0.25, -0.2) is 0 Å². The number of rotatable bonds is 4. The summed E-state index contributed by atoms with van der Waals surface area (Å²) in [5.74, 6) is 0.392. The number of hydrogen-bond donors (Lipinski definition) is 1. The summed E-state index contributed by atoms with van der Waals surface area (Å²) >= 11 is 0. The molecule has 2 amide bonds. The third-order valence-corrected chi connectivity index (χ3v) is 4.31. The van der Waals surface area contributed by atoms with Crippen LogP contribution in [0.15, 0.2) is 24.3 Å². The van der Waals surface area contributed by atoms with E-state index in [0.29, 0.717) is 18.9 Å². The van der Waals surface area contributed by atoms with Crippen LogP contribution < -0.4 is 10.2 Å². The molecule has 1 aromatic carbocycles. The number of para-hydroxylation sites is 1. The molecule has 0 aromatic heterocycles. The molecular formula is C17H22N2O2. The molecule has 0 bridgehead atoms. The highest BCUT2D eigenvalue weighted by Gasteiger charge is 2.41. The molecule has 21 heavy (non-hydrogen) atoms. The van der Waals surface area contributed by atoms with Gasteiger partial charge < -0.3 is 10.2 Å². The number of aryl methyl sites for hydroxylation is 1. The lowest BCUT2D eigenvalue weighted by Crippen LogP contribution is -2.46. The minimum absolute atomic E-state index is 0.00396. The van der Waals surface area contributed by atoms with Gasteiger partial charge in [-0.3, -0.25) is 9.59 Å². The fourth-order valence-electron chi connectivity index (χ4n) is 3.04. The van der Waals surface area contributed by atoms with E-state index in [2.05, 4.69) is 18.3 Å². The lowest BCUT2D eigenvalue weighted by molar-refractivity contribution is -0.126. The van der Waals surface area contributed by atoms with E-state index in [1.807, 2.05) is 23.1 Å². The Morgan fingerprint density at radius 3 is 2.71 bits per heavy atom. The second-order valence-corrected chi connectivity index (χ2v) is 6.00. The van der Waals surface area contributed by atoms with Gasteiger partial charge in [-0.15, -0.1) is 0 Å². The normalized spacial score (nSPS) is 22.9. The summed E-state index contributed by atoms with van der Waals surface area (Å²) < 4.78 is 0. The fraction of sp³-hybridized carbons (Fsp3) is 0.529. The van der Waals surface area contributed by atoms with Crippen LogP contribution in [0.1, 0.15) is 38.2 Å². The van der Waals surface area contributed by atoms with Crippen molar-refractivity contribution < 1.29 is 9.59 Å². The molecule has 1 N–H and O–H groups in total. The smallest absolute Gasteiger partial charge is 0.249 e. The van der Waals surface area contributed by atoms with Crippen molar-refractivity contribution in [3.63, 3.8) is 0 Å². The van der Waals surface area contributed by atoms with Gasteiger partial charge in [0.25, 0.3) is 0 Å². The minimum atomic E-state index is -0.324. The third-order valence-electron chi connectivity index (χ3n) is 4.31. The Labute approximate surface area is 125 Å². The van der Waals surface area contributed by atoms with E-state index in [1.165, 1.54) is 5.56 Å². The third kappa shape index (κ3) is 2.94. The molecule has 1 atom stereocenters. The van der Waals surface area contributed by atoms with Crippen LogP contribution in [-0.2, 0) is 16.0 Å². The summed E-state index contributed by atoms with van der Waals surface area (Å²) in [6.07, 6.45) is 4.47. The summed E-state index contributed by atoms with van der Waals surface area (Å²) in [7, 11) is 0. The number of anilines is 1. The van der Waals surface area contributed by atoms with E-state index < -0.39 is 0 Å². The quantitative estimate of drug-likeness (QED) is 0.923. The Balaban J connectivity index is 1.92. The van der Waals surface area contributed by atoms with Crippen LogP contribution in [0.4, 0.5) is 5.69 Å². The highest BCUT2D eigenvalue weighted by atomic mass is 16.2. The molecule has 3 rings (SSSR count). The summed E-state index contributed by atoms with van der Waals surface area (Å²) in [6, 6.07) is 7.74. The van der Waals surface area contributed by atoms with E-state index >= 15 is 0 Å². The predicted molar refractivity (Wildman–Crippen MR) is 82.1 cm³/mol. The Morgan fingerprint density at radius 1 is 1.24 bits per heavy atom. The summed E-state index contributed by atoms with van der Waals surface area (Å²) in [4.78, 5) is 26.5. The Hall–Kier alpha value is -1.84. The SMILES string of the molecule is CCCc1ccccc1N1CCC(=O)NC(C2CC2)C1=O. The number of carbonyl (C=O) groups is 2. The molecule has 1 saturated heterocycles. The zero-order chi connectivity index (χ0) is 14.8. The first kappa shape index (κ1) is 14.1. The molecule has 1 unspecified atom stereocenters. The molecule has 1 heterocycles. The van der Waals surface area contributed by atoms with Crippen molar-refractivity contribution in [1.82, 2.24) is 5.32 Å². The van der Waals surface area contributed by atoms with Crippen LogP contribution in [0, 0.1) is 5.92 Å². The van der Waals surface area contributed by atoms with Crippen LogP contribution >= 0.6 is 0 Å². The average Bonchev–Trinajstić information content (AvgIpc) is 3.31. The molecule has 112 valence electrons. The van der Waals surface area contributed by atoms with Crippen molar-refractivity contribution in [2.45, 2.75) is 45.1 Å². The van der Waals surface area contributed by atoms with E-state index in [-0.39, 0.29) is 17.9 Å². The fourth-order valence-corrected chi connectivity index (χ4v) is 3.04. The second kappa shape index (κ2) is 5.88. The van der Waals surface area contributed by atoms with Crippen molar-refractivity contribution in [1.29, 1.82) is 0 Å². The van der Waals surface area contributed by atoms with Gasteiger partial charge in [0.15, 0.2) is 0 Å². The largest absolute Gasteiger partial charge is 0.344 e. The Morgan fingerprint density at radius 2 is 2.00 bits per heavy atom. The van der Waals surface area contributed by atoms with Gasteiger partial charge in [-0.1, -0.05) is 31.5 Å². The molecule has 1 aliphatic carbocycles. The number of hydrogen-bond acceptors (Lipinski definition) is 2. The van der Waals surface area contributed by atoms with Crippen molar-refractivity contribution in [3.8, 4) is 0 Å². The first-order chi connectivity index (χ1) is 10.2. The van der Waals surface area contributed by atoms with Crippen molar-refractivity contribution in [2.24, 2.45) is 5.92 Å².